The summed E-state index contributed by atoms with van der Waals surface area (Å²) >= 11 is 0. The molecular formula is C46H31NO2. The van der Waals surface area contributed by atoms with E-state index in [1.807, 2.05) is 12.1 Å². The van der Waals surface area contributed by atoms with Gasteiger partial charge in [0.2, 0.25) is 0 Å². The summed E-state index contributed by atoms with van der Waals surface area (Å²) in [6.07, 6.45) is 6.36. The van der Waals surface area contributed by atoms with Gasteiger partial charge in [0.05, 0.1) is 11.4 Å². The topological polar surface area (TPSA) is 29.5 Å². The minimum Gasteiger partial charge on any atom is -0.458 e. The van der Waals surface area contributed by atoms with Crippen LogP contribution in [0, 0.1) is 0 Å². The standard InChI is InChI=1S/C46H31NO2/c1-2-10-32-28-35(20-19-30(32)9-1)34-12-7-11-33(27-34)31-21-23-36(24-22-31)47(37-25-26-40-38-13-3-5-17-43(38)48-45(40)29-37)42-16-8-15-41-39-14-4-6-18-44(39)49-46(41)42/h1-5,7-17,19-29H,6,18H2. The van der Waals surface area contributed by atoms with Gasteiger partial charge in [-0.05, 0) is 88.0 Å². The van der Waals surface area contributed by atoms with E-state index in [-0.39, 0.29) is 0 Å². The molecule has 0 bridgehead atoms. The summed E-state index contributed by atoms with van der Waals surface area (Å²) in [5.74, 6) is 1.05. The number of allylic oxidation sites excluding steroid dienone is 1. The first-order chi connectivity index (χ1) is 24.3. The molecule has 0 fully saturated rings. The molecule has 10 rings (SSSR count). The summed E-state index contributed by atoms with van der Waals surface area (Å²) in [6.45, 7) is 0. The summed E-state index contributed by atoms with van der Waals surface area (Å²) in [4.78, 5) is 2.29. The fourth-order valence-electron chi connectivity index (χ4n) is 7.46. The molecule has 0 aliphatic heterocycles. The van der Waals surface area contributed by atoms with Crippen molar-refractivity contribution in [3.8, 4) is 22.3 Å². The van der Waals surface area contributed by atoms with E-state index in [9.17, 15) is 0 Å². The summed E-state index contributed by atoms with van der Waals surface area (Å²) in [5.41, 5.74) is 11.7. The van der Waals surface area contributed by atoms with Crippen molar-refractivity contribution < 1.29 is 8.83 Å². The van der Waals surface area contributed by atoms with Crippen LogP contribution in [0.15, 0.2) is 167 Å². The lowest BCUT2D eigenvalue weighted by Gasteiger charge is -2.25. The van der Waals surface area contributed by atoms with E-state index in [0.717, 1.165) is 74.1 Å². The second-order valence-corrected chi connectivity index (χ2v) is 12.8. The maximum atomic E-state index is 6.64. The monoisotopic (exact) mass is 629 g/mol. The fourth-order valence-corrected chi connectivity index (χ4v) is 7.46. The molecule has 0 saturated heterocycles. The highest BCUT2D eigenvalue weighted by atomic mass is 16.3. The quantitative estimate of drug-likeness (QED) is 0.190. The molecule has 1 aliphatic carbocycles. The van der Waals surface area contributed by atoms with Gasteiger partial charge < -0.3 is 13.7 Å². The molecule has 0 unspecified atom stereocenters. The van der Waals surface area contributed by atoms with Crippen molar-refractivity contribution in [2.75, 3.05) is 4.90 Å². The maximum Gasteiger partial charge on any atom is 0.158 e. The van der Waals surface area contributed by atoms with E-state index in [4.69, 9.17) is 8.83 Å². The Morgan fingerprint density at radius 2 is 1.18 bits per heavy atom. The zero-order chi connectivity index (χ0) is 32.3. The van der Waals surface area contributed by atoms with Crippen molar-refractivity contribution in [2.24, 2.45) is 0 Å². The van der Waals surface area contributed by atoms with E-state index in [1.165, 1.54) is 33.0 Å². The van der Waals surface area contributed by atoms with Gasteiger partial charge in [-0.25, -0.2) is 0 Å². The maximum absolute atomic E-state index is 6.64. The van der Waals surface area contributed by atoms with Gasteiger partial charge in [0.15, 0.2) is 5.58 Å². The van der Waals surface area contributed by atoms with Gasteiger partial charge in [-0.15, -0.1) is 0 Å². The Morgan fingerprint density at radius 3 is 2.10 bits per heavy atom. The molecule has 0 spiro atoms. The van der Waals surface area contributed by atoms with Gasteiger partial charge in [-0.3, -0.25) is 0 Å². The average molecular weight is 630 g/mol. The molecule has 0 atom stereocenters. The van der Waals surface area contributed by atoms with E-state index < -0.39 is 0 Å². The number of hydrogen-bond donors (Lipinski definition) is 0. The Morgan fingerprint density at radius 1 is 0.469 bits per heavy atom. The average Bonchev–Trinajstić information content (AvgIpc) is 3.74. The fraction of sp³-hybridized carbons (Fsp3) is 0.0435. The van der Waals surface area contributed by atoms with Crippen molar-refractivity contribution in [2.45, 2.75) is 12.8 Å². The summed E-state index contributed by atoms with van der Waals surface area (Å²) < 4.78 is 13.0. The predicted octanol–water partition coefficient (Wildman–Crippen LogP) is 13.2. The third kappa shape index (κ3) is 4.66. The number of nitrogens with zero attached hydrogens (tertiary/aromatic N) is 1. The SMILES string of the molecule is C1=Cc2c(oc3c(N(c4ccc(-c5cccc(-c6ccc7ccccc7c6)c5)cc4)c4ccc5c(c4)oc4ccccc45)cccc23)CC1. The van der Waals surface area contributed by atoms with Crippen LogP contribution in [0.4, 0.5) is 17.1 Å². The van der Waals surface area contributed by atoms with E-state index in [1.54, 1.807) is 0 Å². The molecule has 49 heavy (non-hydrogen) atoms. The summed E-state index contributed by atoms with van der Waals surface area (Å²) in [7, 11) is 0. The summed E-state index contributed by atoms with van der Waals surface area (Å²) in [6, 6.07) is 54.1. The van der Waals surface area contributed by atoms with Gasteiger partial charge in [-0.2, -0.15) is 0 Å². The van der Waals surface area contributed by atoms with Gasteiger partial charge in [0.1, 0.15) is 16.9 Å². The molecule has 2 heterocycles. The predicted molar refractivity (Wildman–Crippen MR) is 204 cm³/mol. The lowest BCUT2D eigenvalue weighted by atomic mass is 9.97. The molecule has 3 nitrogen and oxygen atoms in total. The lowest BCUT2D eigenvalue weighted by molar-refractivity contribution is 0.546. The molecular weight excluding hydrogens is 599 g/mol. The molecule has 1 aliphatic rings. The number of para-hydroxylation sites is 2. The molecule has 232 valence electrons. The molecule has 3 heteroatoms. The largest absolute Gasteiger partial charge is 0.458 e. The Bertz CT molecular complexity index is 2730. The van der Waals surface area contributed by atoms with Gasteiger partial charge in [0, 0.05) is 39.9 Å². The zero-order valence-corrected chi connectivity index (χ0v) is 26.8. The molecule has 0 N–H and O–H groups in total. The highest BCUT2D eigenvalue weighted by Crippen LogP contribution is 2.44. The van der Waals surface area contributed by atoms with E-state index in [2.05, 4.69) is 157 Å². The van der Waals surface area contributed by atoms with Crippen LogP contribution in [-0.2, 0) is 6.42 Å². The number of fused-ring (bicyclic) bond motifs is 7. The van der Waals surface area contributed by atoms with Crippen molar-refractivity contribution in [1.29, 1.82) is 0 Å². The number of anilines is 3. The second kappa shape index (κ2) is 11.1. The second-order valence-electron chi connectivity index (χ2n) is 12.8. The first kappa shape index (κ1) is 27.8. The Hall–Kier alpha value is -6.32. The van der Waals surface area contributed by atoms with Crippen LogP contribution in [-0.4, -0.2) is 0 Å². The van der Waals surface area contributed by atoms with Gasteiger partial charge in [0.25, 0.3) is 0 Å². The van der Waals surface area contributed by atoms with Crippen LogP contribution >= 0.6 is 0 Å². The van der Waals surface area contributed by atoms with Gasteiger partial charge in [-0.1, -0.05) is 109 Å². The molecule has 0 saturated carbocycles. The molecule has 2 aromatic heterocycles. The minimum atomic E-state index is 0.861. The highest BCUT2D eigenvalue weighted by molar-refractivity contribution is 6.07. The number of hydrogen-bond acceptors (Lipinski definition) is 3. The third-order valence-corrected chi connectivity index (χ3v) is 9.90. The van der Waals surface area contributed by atoms with Crippen molar-refractivity contribution in [3.63, 3.8) is 0 Å². The van der Waals surface area contributed by atoms with E-state index >= 15 is 0 Å². The third-order valence-electron chi connectivity index (χ3n) is 9.90. The first-order valence-electron chi connectivity index (χ1n) is 16.9. The molecule has 9 aromatic rings. The Balaban J connectivity index is 1.09. The molecule has 0 radical (unpaired) electrons. The number of benzene rings is 7. The van der Waals surface area contributed by atoms with E-state index in [0.29, 0.717) is 0 Å². The number of rotatable bonds is 5. The van der Waals surface area contributed by atoms with Crippen LogP contribution in [0.3, 0.4) is 0 Å². The van der Waals surface area contributed by atoms with Crippen LogP contribution in [0.25, 0.3) is 72.0 Å². The Kier molecular flexibility index (Phi) is 6.31. The van der Waals surface area contributed by atoms with Crippen molar-refractivity contribution >= 4 is 66.8 Å². The smallest absolute Gasteiger partial charge is 0.158 e. The van der Waals surface area contributed by atoms with Crippen LogP contribution in [0.2, 0.25) is 0 Å². The lowest BCUT2D eigenvalue weighted by Crippen LogP contribution is -2.10. The van der Waals surface area contributed by atoms with Crippen molar-refractivity contribution in [1.82, 2.24) is 0 Å². The van der Waals surface area contributed by atoms with Gasteiger partial charge >= 0.3 is 0 Å². The Labute approximate surface area is 283 Å². The molecule has 7 aromatic carbocycles. The number of aryl methyl sites for hydroxylation is 1. The van der Waals surface area contributed by atoms with Crippen molar-refractivity contribution in [3.05, 3.63) is 169 Å². The number of furan rings is 2. The zero-order valence-electron chi connectivity index (χ0n) is 26.8. The minimum absolute atomic E-state index is 0.861. The highest BCUT2D eigenvalue weighted by Gasteiger charge is 2.22. The van der Waals surface area contributed by atoms with Crippen LogP contribution in [0.5, 0.6) is 0 Å². The van der Waals surface area contributed by atoms with Crippen LogP contribution < -0.4 is 4.90 Å². The normalized spacial score (nSPS) is 12.7. The van der Waals surface area contributed by atoms with Crippen LogP contribution in [0.1, 0.15) is 17.7 Å². The first-order valence-corrected chi connectivity index (χ1v) is 16.9. The summed E-state index contributed by atoms with van der Waals surface area (Å²) in [5, 5.41) is 5.87. The molecule has 0 amide bonds.